The Morgan fingerprint density at radius 3 is 2.38 bits per heavy atom. The fourth-order valence-electron chi connectivity index (χ4n) is 0.716. The molecule has 0 heterocycles. The molecule has 76 valence electrons. The van der Waals surface area contributed by atoms with Gasteiger partial charge in [-0.2, -0.15) is 0 Å². The van der Waals surface area contributed by atoms with Crippen molar-refractivity contribution in [1.29, 1.82) is 0 Å². The Hall–Kier alpha value is -0.590. The molecule has 0 bridgehead atoms. The van der Waals surface area contributed by atoms with Crippen LogP contribution in [0.2, 0.25) is 0 Å². The lowest BCUT2D eigenvalue weighted by Gasteiger charge is -2.18. The number of nitrogens with one attached hydrogen (secondary N) is 2. The molecule has 0 saturated heterocycles. The second-order valence-corrected chi connectivity index (χ2v) is 3.02. The first kappa shape index (κ1) is 12.4. The van der Waals surface area contributed by atoms with Gasteiger partial charge in [0.1, 0.15) is 6.17 Å². The average molecular weight is 205 g/mol. The van der Waals surface area contributed by atoms with Gasteiger partial charge in [0, 0.05) is 6.04 Å². The molecule has 0 aliphatic carbocycles. The van der Waals surface area contributed by atoms with Crippen LogP contribution in [0.5, 0.6) is 0 Å². The summed E-state index contributed by atoms with van der Waals surface area (Å²) < 4.78 is 2.38. The van der Waals surface area contributed by atoms with Crippen molar-refractivity contribution in [2.24, 2.45) is 5.73 Å². The zero-order valence-corrected chi connectivity index (χ0v) is 8.60. The molecule has 6 heteroatoms. The molecule has 0 spiro atoms. The highest BCUT2D eigenvalue weighted by Crippen LogP contribution is 1.92. The number of ketones is 1. The quantitative estimate of drug-likeness (QED) is 0.259. The van der Waals surface area contributed by atoms with Crippen LogP contribution in [0.15, 0.2) is 0 Å². The Labute approximate surface area is 83.0 Å². The van der Waals surface area contributed by atoms with Crippen LogP contribution in [-0.4, -0.2) is 23.9 Å². The maximum Gasteiger partial charge on any atom is 0.287 e. The molecule has 13 heavy (non-hydrogen) atoms. The summed E-state index contributed by atoms with van der Waals surface area (Å²) in [6.07, 6.45) is 0.0358. The molecule has 5 nitrogen and oxygen atoms in total. The Kier molecular flexibility index (Phi) is 5.68. The third-order valence-corrected chi connectivity index (χ3v) is 1.96. The number of nitrogens with two attached hydrogens (primary N) is 1. The van der Waals surface area contributed by atoms with Gasteiger partial charge < -0.3 is 5.73 Å². The molecule has 2 atom stereocenters. The summed E-state index contributed by atoms with van der Waals surface area (Å²) in [4.78, 5) is 21.6. The number of amides is 1. The van der Waals surface area contributed by atoms with E-state index in [2.05, 4.69) is 22.9 Å². The third-order valence-electron chi connectivity index (χ3n) is 1.70. The molecule has 0 aromatic carbocycles. The number of thiol groups is 1. The second kappa shape index (κ2) is 5.95. The van der Waals surface area contributed by atoms with E-state index in [0.717, 1.165) is 6.42 Å². The first-order valence-electron chi connectivity index (χ1n) is 4.02. The van der Waals surface area contributed by atoms with Crippen LogP contribution in [-0.2, 0) is 9.59 Å². The molecular weight excluding hydrogens is 190 g/mol. The first-order valence-corrected chi connectivity index (χ1v) is 4.47. The van der Waals surface area contributed by atoms with E-state index in [4.69, 9.17) is 5.73 Å². The van der Waals surface area contributed by atoms with E-state index in [9.17, 15) is 9.59 Å². The van der Waals surface area contributed by atoms with Crippen molar-refractivity contribution >= 4 is 24.5 Å². The number of hydrogen-bond acceptors (Lipinski definition) is 5. The van der Waals surface area contributed by atoms with Gasteiger partial charge in [-0.05, 0) is 13.3 Å². The highest BCUT2D eigenvalue weighted by Gasteiger charge is 2.22. The van der Waals surface area contributed by atoms with Crippen LogP contribution >= 0.6 is 12.8 Å². The lowest BCUT2D eigenvalue weighted by molar-refractivity contribution is -0.137. The molecule has 4 N–H and O–H groups in total. The van der Waals surface area contributed by atoms with Crippen molar-refractivity contribution < 1.29 is 9.59 Å². The lowest BCUT2D eigenvalue weighted by Crippen LogP contribution is -2.52. The van der Waals surface area contributed by atoms with Crippen LogP contribution in [0, 0.1) is 0 Å². The summed E-state index contributed by atoms with van der Waals surface area (Å²) in [5.74, 6) is -1.68. The smallest absolute Gasteiger partial charge is 0.287 e. The van der Waals surface area contributed by atoms with E-state index in [1.165, 1.54) is 0 Å². The summed E-state index contributed by atoms with van der Waals surface area (Å²) in [6.45, 7) is 3.86. The molecular formula is C7H15N3O2S. The summed E-state index contributed by atoms with van der Waals surface area (Å²) in [5, 5.41) is 2.86. The van der Waals surface area contributed by atoms with Crippen molar-refractivity contribution in [2.75, 3.05) is 0 Å². The van der Waals surface area contributed by atoms with Gasteiger partial charge in [0.2, 0.25) is 0 Å². The lowest BCUT2D eigenvalue weighted by atomic mass is 10.2. The number of hydrogen-bond donors (Lipinski definition) is 4. The average Bonchev–Trinajstić information content (AvgIpc) is 2.12. The molecule has 2 unspecified atom stereocenters. The van der Waals surface area contributed by atoms with Crippen LogP contribution in [0.3, 0.4) is 0 Å². The van der Waals surface area contributed by atoms with Crippen LogP contribution in [0.4, 0.5) is 0 Å². The minimum atomic E-state index is -0.970. The summed E-state index contributed by atoms with van der Waals surface area (Å²) >= 11 is 3.72. The van der Waals surface area contributed by atoms with Crippen molar-refractivity contribution in [3.8, 4) is 0 Å². The summed E-state index contributed by atoms with van der Waals surface area (Å²) in [6, 6.07) is 0.118. The Balaban J connectivity index is 4.18. The van der Waals surface area contributed by atoms with Crippen LogP contribution < -0.4 is 15.8 Å². The number of rotatable bonds is 6. The Morgan fingerprint density at radius 1 is 1.54 bits per heavy atom. The summed E-state index contributed by atoms with van der Waals surface area (Å²) in [5.41, 5.74) is 4.83. The van der Waals surface area contributed by atoms with E-state index in [0.29, 0.717) is 0 Å². The van der Waals surface area contributed by atoms with Crippen LogP contribution in [0.25, 0.3) is 0 Å². The number of primary amides is 1. The van der Waals surface area contributed by atoms with Crippen molar-refractivity contribution in [2.45, 2.75) is 32.5 Å². The van der Waals surface area contributed by atoms with Gasteiger partial charge in [0.15, 0.2) is 0 Å². The van der Waals surface area contributed by atoms with Gasteiger partial charge >= 0.3 is 0 Å². The van der Waals surface area contributed by atoms with Crippen molar-refractivity contribution in [1.82, 2.24) is 10.0 Å². The SMILES string of the molecule is CCC(C)NC(NS)C(=O)C(N)=O. The zero-order valence-electron chi connectivity index (χ0n) is 7.70. The minimum absolute atomic E-state index is 0.118. The summed E-state index contributed by atoms with van der Waals surface area (Å²) in [7, 11) is 0. The predicted octanol–water partition coefficient (Wildman–Crippen LogP) is -0.811. The molecule has 0 radical (unpaired) electrons. The van der Waals surface area contributed by atoms with Crippen LogP contribution in [0.1, 0.15) is 20.3 Å². The topological polar surface area (TPSA) is 84.2 Å². The standard InChI is InChI=1S/C7H15N3O2S/c1-3-4(2)9-7(10-13)5(11)6(8)12/h4,7,9-10,13H,3H2,1-2H3,(H2,8,12). The monoisotopic (exact) mass is 205 g/mol. The van der Waals surface area contributed by atoms with Gasteiger partial charge in [-0.3, -0.25) is 14.9 Å². The van der Waals surface area contributed by atoms with Gasteiger partial charge in [-0.15, -0.1) is 0 Å². The highest BCUT2D eigenvalue weighted by molar-refractivity contribution is 7.78. The molecule has 0 aromatic heterocycles. The molecule has 0 aliphatic rings. The first-order chi connectivity index (χ1) is 6.02. The maximum atomic E-state index is 11.1. The predicted molar refractivity (Wildman–Crippen MR) is 53.0 cm³/mol. The van der Waals surface area contributed by atoms with Gasteiger partial charge in [0.05, 0.1) is 0 Å². The number of carbonyl (C=O) groups is 2. The molecule has 0 saturated carbocycles. The fourth-order valence-corrected chi connectivity index (χ4v) is 0.908. The van der Waals surface area contributed by atoms with Gasteiger partial charge in [-0.25, -0.2) is 4.72 Å². The molecule has 0 aliphatic heterocycles. The van der Waals surface area contributed by atoms with E-state index < -0.39 is 17.9 Å². The van der Waals surface area contributed by atoms with Gasteiger partial charge in [-0.1, -0.05) is 19.7 Å². The van der Waals surface area contributed by atoms with Gasteiger partial charge in [0.25, 0.3) is 11.7 Å². The molecule has 0 aromatic rings. The molecule has 0 rings (SSSR count). The largest absolute Gasteiger partial charge is 0.363 e. The third kappa shape index (κ3) is 4.25. The van der Waals surface area contributed by atoms with E-state index in [-0.39, 0.29) is 6.04 Å². The normalized spacial score (nSPS) is 15.0. The highest BCUT2D eigenvalue weighted by atomic mass is 32.1. The Morgan fingerprint density at radius 2 is 2.08 bits per heavy atom. The number of Topliss-reactive ketones (excluding diaryl/α,β-unsaturated/α-hetero) is 1. The fraction of sp³-hybridized carbons (Fsp3) is 0.714. The Bertz CT molecular complexity index is 198. The number of carbonyl (C=O) groups excluding carboxylic acids is 2. The minimum Gasteiger partial charge on any atom is -0.363 e. The molecule has 0 fully saturated rings. The van der Waals surface area contributed by atoms with Crippen molar-refractivity contribution in [3.63, 3.8) is 0 Å². The zero-order chi connectivity index (χ0) is 10.4. The second-order valence-electron chi connectivity index (χ2n) is 2.77. The van der Waals surface area contributed by atoms with E-state index >= 15 is 0 Å². The van der Waals surface area contributed by atoms with E-state index in [1.807, 2.05) is 13.8 Å². The molecule has 1 amide bonds. The maximum absolute atomic E-state index is 11.1. The van der Waals surface area contributed by atoms with E-state index in [1.54, 1.807) is 0 Å². The van der Waals surface area contributed by atoms with Crippen molar-refractivity contribution in [3.05, 3.63) is 0 Å².